The van der Waals surface area contributed by atoms with Crippen LogP contribution in [0.25, 0.3) is 0 Å². The Morgan fingerprint density at radius 3 is 0.333 bits per heavy atom. The van der Waals surface area contributed by atoms with Crippen molar-refractivity contribution < 1.29 is 56.6 Å². The molecule has 0 aliphatic rings. The second-order valence-electron chi connectivity index (χ2n) is 0. The first-order valence-electron chi connectivity index (χ1n) is 0. The predicted octanol–water partition coefficient (Wildman–Crippen LogP) is -10.1. The molecule has 0 aliphatic carbocycles. The number of hydrogen-bond acceptors (Lipinski definition) is 0. The minimum atomic E-state index is 0. The third kappa shape index (κ3) is 37.7. The van der Waals surface area contributed by atoms with E-state index in [-0.39, 0.29) is 81.8 Å². The molecule has 0 fully saturated rings. The van der Waals surface area contributed by atoms with Gasteiger partial charge in [-0.25, -0.2) is 0 Å². The summed E-state index contributed by atoms with van der Waals surface area (Å²) in [5, 5.41) is 0. The minimum Gasteiger partial charge on any atom is -1.00 e. The van der Waals surface area contributed by atoms with Crippen LogP contribution in [0.4, 0.5) is 0 Å². The summed E-state index contributed by atoms with van der Waals surface area (Å²) in [6.07, 6.45) is 0. The Hall–Kier alpha value is 1.99. The summed E-state index contributed by atoms with van der Waals surface area (Å²) < 4.78 is 0. The molecule has 0 rings (SSSR count). The Morgan fingerprint density at radius 1 is 0.333 bits per heavy atom. The van der Waals surface area contributed by atoms with Crippen molar-refractivity contribution >= 4 is 25.2 Å². The van der Waals surface area contributed by atoms with Gasteiger partial charge in [-0.15, -0.1) is 0 Å². The molecule has 0 atom stereocenters. The van der Waals surface area contributed by atoms with Crippen molar-refractivity contribution in [1.82, 2.24) is 0 Å². The van der Waals surface area contributed by atoms with Gasteiger partial charge in [-0.2, -0.15) is 0 Å². The van der Waals surface area contributed by atoms with E-state index in [4.69, 9.17) is 0 Å². The van der Waals surface area contributed by atoms with Crippen LogP contribution in [0.3, 0.4) is 0 Å². The van der Waals surface area contributed by atoms with Gasteiger partial charge in [0.2, 0.25) is 0 Å². The van der Waals surface area contributed by atoms with Gasteiger partial charge in [0.15, 0.2) is 0 Å². The van der Waals surface area contributed by atoms with Gasteiger partial charge in [-0.1, -0.05) is 0 Å². The molecule has 0 saturated heterocycles. The van der Waals surface area contributed by atoms with Crippen LogP contribution in [-0.4, -0.2) is 25.2 Å². The Bertz CT molecular complexity index is 6.00. The van der Waals surface area contributed by atoms with Gasteiger partial charge in [0.05, 0.1) is 0 Å². The summed E-state index contributed by atoms with van der Waals surface area (Å²) in [5.74, 6) is 0. The van der Waals surface area contributed by atoms with E-state index in [1.54, 1.807) is 0 Å². The second-order valence-corrected chi connectivity index (χ2v) is 0. The molecule has 0 N–H and O–H groups in total. The predicted molar refractivity (Wildman–Crippen MR) is 17.3 cm³/mol. The van der Waals surface area contributed by atoms with E-state index >= 15 is 0 Å². The van der Waals surface area contributed by atoms with E-state index < -0.39 is 0 Å². The topological polar surface area (TPSA) is 0 Å². The molecule has 6 heteroatoms. The molecule has 6 heavy (non-hydrogen) atoms. The smallest absolute Gasteiger partial charge is 1.00 e. The molecule has 0 saturated carbocycles. The van der Waals surface area contributed by atoms with E-state index in [1.807, 2.05) is 0 Å². The van der Waals surface area contributed by atoms with Gasteiger partial charge in [0.25, 0.3) is 0 Å². The minimum absolute atomic E-state index is 0. The van der Waals surface area contributed by atoms with Gasteiger partial charge < -0.3 is 25.2 Å². The van der Waals surface area contributed by atoms with Gasteiger partial charge in [0.1, 0.15) is 0 Å². The molecular formula is B3Li3. The molecule has 0 heterocycles. The van der Waals surface area contributed by atoms with E-state index in [1.165, 1.54) is 0 Å². The van der Waals surface area contributed by atoms with Crippen LogP contribution < -0.4 is 56.6 Å². The molecule has 0 bridgehead atoms. The maximum atomic E-state index is 0. The molecule has 12 valence electrons. The fraction of sp³-hybridized carbons (Fsp3) is 0. The maximum Gasteiger partial charge on any atom is 1.00 e. The summed E-state index contributed by atoms with van der Waals surface area (Å²) in [5.41, 5.74) is 0. The second kappa shape index (κ2) is 63.4. The molecule has 12 radical (unpaired) electrons. The van der Waals surface area contributed by atoms with Crippen molar-refractivity contribution in [2.45, 2.75) is 0 Å². The summed E-state index contributed by atoms with van der Waals surface area (Å²) in [7, 11) is 0. The maximum absolute atomic E-state index is 0. The fourth-order valence-electron chi connectivity index (χ4n) is 0. The quantitative estimate of drug-likeness (QED) is 0.241. The van der Waals surface area contributed by atoms with E-state index in [0.717, 1.165) is 0 Å². The third-order valence-corrected chi connectivity index (χ3v) is 0. The monoisotopic (exact) mass is 54.1 g/mol. The zero-order valence-corrected chi connectivity index (χ0v) is 4.73. The Morgan fingerprint density at radius 2 is 0.333 bits per heavy atom. The standard InChI is InChI=1S/3B.3Li/q3*-1;3*+1. The van der Waals surface area contributed by atoms with Gasteiger partial charge in [-0.05, 0) is 0 Å². The Balaban J connectivity index is 0. The van der Waals surface area contributed by atoms with Crippen LogP contribution in [-0.2, 0) is 0 Å². The summed E-state index contributed by atoms with van der Waals surface area (Å²) in [6.45, 7) is 0. The number of rotatable bonds is 0. The van der Waals surface area contributed by atoms with E-state index in [2.05, 4.69) is 0 Å². The third-order valence-electron chi connectivity index (χ3n) is 0. The molecule has 0 aromatic heterocycles. The largest absolute Gasteiger partial charge is 1.00 e. The first kappa shape index (κ1) is 98.8. The van der Waals surface area contributed by atoms with Gasteiger partial charge in [0, 0.05) is 0 Å². The summed E-state index contributed by atoms with van der Waals surface area (Å²) in [4.78, 5) is 0. The zero-order chi connectivity index (χ0) is 0. The Labute approximate surface area is 81.2 Å². The van der Waals surface area contributed by atoms with Crippen molar-refractivity contribution in [2.75, 3.05) is 0 Å². The normalized spacial score (nSPS) is 0. The van der Waals surface area contributed by atoms with Crippen LogP contribution >= 0.6 is 0 Å². The van der Waals surface area contributed by atoms with Crippen LogP contribution in [0, 0.1) is 0 Å². The first-order chi connectivity index (χ1) is 0. The van der Waals surface area contributed by atoms with Crippen LogP contribution in [0.5, 0.6) is 0 Å². The summed E-state index contributed by atoms with van der Waals surface area (Å²) in [6, 6.07) is 0. The summed E-state index contributed by atoms with van der Waals surface area (Å²) >= 11 is 0. The molecule has 0 spiro atoms. The average molecular weight is 53.3 g/mol. The molecule has 0 amide bonds. The molecule has 0 unspecified atom stereocenters. The molecule has 0 aromatic carbocycles. The van der Waals surface area contributed by atoms with Crippen molar-refractivity contribution in [3.8, 4) is 0 Å². The molecule has 0 aromatic rings. The molecule has 0 nitrogen and oxygen atoms in total. The van der Waals surface area contributed by atoms with Gasteiger partial charge >= 0.3 is 56.6 Å². The SMILES string of the molecule is [B-].[B-].[B-].[Li+].[Li+].[Li+]. The van der Waals surface area contributed by atoms with Crippen molar-refractivity contribution in [2.24, 2.45) is 0 Å². The van der Waals surface area contributed by atoms with E-state index in [0.29, 0.717) is 0 Å². The van der Waals surface area contributed by atoms with Crippen LogP contribution in [0.2, 0.25) is 0 Å². The van der Waals surface area contributed by atoms with Crippen LogP contribution in [0.1, 0.15) is 0 Å². The number of hydrogen-bond donors (Lipinski definition) is 0. The van der Waals surface area contributed by atoms with Crippen molar-refractivity contribution in [3.05, 3.63) is 0 Å². The van der Waals surface area contributed by atoms with Gasteiger partial charge in [-0.3, -0.25) is 0 Å². The van der Waals surface area contributed by atoms with Crippen LogP contribution in [0.15, 0.2) is 0 Å². The average Bonchev–Trinajstić information content (AvgIpc) is 0. The van der Waals surface area contributed by atoms with Crippen molar-refractivity contribution in [1.29, 1.82) is 0 Å². The molecule has 0 aliphatic heterocycles. The molecular weight excluding hydrogens is 53.3 g/mol. The Kier molecular flexibility index (Phi) is 1040. The zero-order valence-electron chi connectivity index (χ0n) is 4.73. The van der Waals surface area contributed by atoms with E-state index in [9.17, 15) is 0 Å². The van der Waals surface area contributed by atoms with Crippen molar-refractivity contribution in [3.63, 3.8) is 0 Å². The first-order valence-corrected chi connectivity index (χ1v) is 0. The fourth-order valence-corrected chi connectivity index (χ4v) is 0.